The second-order valence-corrected chi connectivity index (χ2v) is 11.1. The first-order chi connectivity index (χ1) is 19.6. The first-order valence-electron chi connectivity index (χ1n) is 14.2. The maximum atomic E-state index is 3.42. The van der Waals surface area contributed by atoms with Gasteiger partial charge in [0.05, 0.1) is 0 Å². The number of rotatable bonds is 6. The minimum absolute atomic E-state index is 0.0880. The molecule has 1 atom stereocenters. The Morgan fingerprint density at radius 3 is 1.65 bits per heavy atom. The van der Waals surface area contributed by atoms with Gasteiger partial charge in [0.1, 0.15) is 0 Å². The molecule has 2 N–H and O–H groups in total. The second-order valence-electron chi connectivity index (χ2n) is 11.1. The maximum Gasteiger partial charge on any atom is 0.0415 e. The number of hydrogen-bond donors (Lipinski definition) is 2. The summed E-state index contributed by atoms with van der Waals surface area (Å²) >= 11 is 0. The van der Waals surface area contributed by atoms with Crippen LogP contribution < -0.4 is 10.6 Å². The largest absolute Gasteiger partial charge is 0.388 e. The van der Waals surface area contributed by atoms with Gasteiger partial charge in [-0.2, -0.15) is 0 Å². The summed E-state index contributed by atoms with van der Waals surface area (Å²) in [6, 6.07) is 43.2. The number of nitrogens with one attached hydrogen (secondary N) is 2. The molecule has 2 aliphatic carbocycles. The van der Waals surface area contributed by atoms with E-state index in [4.69, 9.17) is 0 Å². The molecule has 0 amide bonds. The number of fused-ring (bicyclic) bond motifs is 4. The molecule has 5 aromatic carbocycles. The number of aryl methyl sites for hydroxylation is 1. The molecule has 2 nitrogen and oxygen atoms in total. The maximum absolute atomic E-state index is 3.42. The fourth-order valence-electron chi connectivity index (χ4n) is 7.35. The summed E-state index contributed by atoms with van der Waals surface area (Å²) in [5.41, 5.74) is 14.0. The molecule has 2 aliphatic rings. The van der Waals surface area contributed by atoms with Crippen molar-refractivity contribution in [3.05, 3.63) is 160 Å². The van der Waals surface area contributed by atoms with E-state index in [-0.39, 0.29) is 11.8 Å². The van der Waals surface area contributed by atoms with Crippen molar-refractivity contribution in [2.75, 3.05) is 24.7 Å². The van der Waals surface area contributed by atoms with E-state index in [2.05, 4.69) is 145 Å². The normalized spacial score (nSPS) is 15.4. The third-order valence-corrected chi connectivity index (χ3v) is 9.09. The van der Waals surface area contributed by atoms with Crippen molar-refractivity contribution in [2.24, 2.45) is 0 Å². The molecule has 0 saturated heterocycles. The number of anilines is 2. The van der Waals surface area contributed by atoms with Gasteiger partial charge in [-0.3, -0.25) is 0 Å². The van der Waals surface area contributed by atoms with E-state index in [0.29, 0.717) is 0 Å². The van der Waals surface area contributed by atoms with E-state index in [1.54, 1.807) is 0 Å². The molecule has 1 unspecified atom stereocenters. The van der Waals surface area contributed by atoms with Crippen LogP contribution in [0.1, 0.15) is 50.8 Å². The number of benzene rings is 5. The zero-order valence-electron chi connectivity index (χ0n) is 23.3. The van der Waals surface area contributed by atoms with Crippen molar-refractivity contribution in [3.63, 3.8) is 0 Å². The van der Waals surface area contributed by atoms with Crippen LogP contribution in [0.25, 0.3) is 17.2 Å². The molecule has 0 bridgehead atoms. The Balaban J connectivity index is 1.64. The summed E-state index contributed by atoms with van der Waals surface area (Å²) in [6.07, 6.45) is 4.80. The van der Waals surface area contributed by atoms with Crippen molar-refractivity contribution in [2.45, 2.75) is 24.2 Å². The van der Waals surface area contributed by atoms with E-state index in [9.17, 15) is 0 Å². The molecule has 2 heteroatoms. The summed E-state index contributed by atoms with van der Waals surface area (Å²) in [4.78, 5) is 0. The lowest BCUT2D eigenvalue weighted by atomic mass is 9.55. The zero-order valence-corrected chi connectivity index (χ0v) is 23.3. The van der Waals surface area contributed by atoms with Crippen LogP contribution in [-0.4, -0.2) is 14.1 Å². The highest BCUT2D eigenvalue weighted by Gasteiger charge is 2.53. The van der Waals surface area contributed by atoms with Gasteiger partial charge >= 0.3 is 0 Å². The fraction of sp³-hybridized carbons (Fsp3) is 0.158. The van der Waals surface area contributed by atoms with Crippen LogP contribution >= 0.6 is 0 Å². The highest BCUT2D eigenvalue weighted by Crippen LogP contribution is 2.63. The topological polar surface area (TPSA) is 24.1 Å². The molecule has 0 radical (unpaired) electrons. The Kier molecular flexibility index (Phi) is 5.86. The molecule has 7 rings (SSSR count). The molecular formula is C38H34N2. The van der Waals surface area contributed by atoms with Crippen LogP contribution in [0.3, 0.4) is 0 Å². The van der Waals surface area contributed by atoms with Crippen LogP contribution in [0.15, 0.2) is 121 Å². The predicted octanol–water partition coefficient (Wildman–Crippen LogP) is 8.99. The van der Waals surface area contributed by atoms with Crippen molar-refractivity contribution in [1.82, 2.24) is 0 Å². The van der Waals surface area contributed by atoms with Gasteiger partial charge < -0.3 is 10.6 Å². The lowest BCUT2D eigenvalue weighted by Gasteiger charge is -2.46. The number of hydrogen-bond acceptors (Lipinski definition) is 2. The Morgan fingerprint density at radius 2 is 1.12 bits per heavy atom. The molecule has 0 heterocycles. The van der Waals surface area contributed by atoms with Crippen LogP contribution in [0, 0.1) is 6.92 Å². The molecule has 0 saturated carbocycles. The standard InChI is InChI=1S/C38H34N2/c1-25-14-15-26-16-21-36(33(26)22-25)38(27-10-6-4-7-11-27,28-12-8-5-9-13-28)37-34-23-29(39-2)17-19-31(34)32-20-18-30(40-3)24-35(32)37/h4-24,36-37,39-40H,1-3H3. The SMILES string of the molecule is CNc1ccc2c(c1)C(C(c1ccccc1)(c1ccccc1)C1C=Cc3ccc(C)cc31)c1cc(NC)ccc1-2. The summed E-state index contributed by atoms with van der Waals surface area (Å²) in [7, 11) is 4.02. The molecule has 0 aromatic heterocycles. The molecule has 0 fully saturated rings. The molecule has 40 heavy (non-hydrogen) atoms. The van der Waals surface area contributed by atoms with Crippen molar-refractivity contribution >= 4 is 17.5 Å². The molecule has 0 aliphatic heterocycles. The minimum Gasteiger partial charge on any atom is -0.388 e. The summed E-state index contributed by atoms with van der Waals surface area (Å²) in [6.45, 7) is 2.21. The molecule has 0 spiro atoms. The average Bonchev–Trinajstić information content (AvgIpc) is 3.57. The average molecular weight is 519 g/mol. The highest BCUT2D eigenvalue weighted by atomic mass is 14.8. The summed E-state index contributed by atoms with van der Waals surface area (Å²) < 4.78 is 0. The van der Waals surface area contributed by atoms with E-state index in [0.717, 1.165) is 11.4 Å². The Labute approximate surface area is 237 Å². The number of allylic oxidation sites excluding steroid dienone is 1. The van der Waals surface area contributed by atoms with E-state index < -0.39 is 5.41 Å². The monoisotopic (exact) mass is 518 g/mol. The Hall–Kier alpha value is -4.56. The fourth-order valence-corrected chi connectivity index (χ4v) is 7.35. The zero-order chi connectivity index (χ0) is 27.3. The predicted molar refractivity (Wildman–Crippen MR) is 169 cm³/mol. The highest BCUT2D eigenvalue weighted by molar-refractivity contribution is 5.84. The van der Waals surface area contributed by atoms with Crippen LogP contribution in [0.4, 0.5) is 11.4 Å². The van der Waals surface area contributed by atoms with E-state index in [1.807, 2.05) is 14.1 Å². The van der Waals surface area contributed by atoms with Gasteiger partial charge in [0, 0.05) is 42.7 Å². The van der Waals surface area contributed by atoms with Gasteiger partial charge in [-0.1, -0.05) is 109 Å². The van der Waals surface area contributed by atoms with Crippen LogP contribution in [-0.2, 0) is 5.41 Å². The molecule has 196 valence electrons. The first kappa shape index (κ1) is 24.5. The van der Waals surface area contributed by atoms with Gasteiger partial charge in [-0.15, -0.1) is 0 Å². The van der Waals surface area contributed by atoms with E-state index in [1.165, 1.54) is 50.1 Å². The Bertz CT molecular complexity index is 1640. The van der Waals surface area contributed by atoms with Crippen LogP contribution in [0.5, 0.6) is 0 Å². The summed E-state index contributed by atoms with van der Waals surface area (Å²) in [5, 5.41) is 6.85. The quantitative estimate of drug-likeness (QED) is 0.234. The summed E-state index contributed by atoms with van der Waals surface area (Å²) in [5.74, 6) is 0.234. The third kappa shape index (κ3) is 3.56. The molecular weight excluding hydrogens is 484 g/mol. The Morgan fingerprint density at radius 1 is 0.575 bits per heavy atom. The lowest BCUT2D eigenvalue weighted by Crippen LogP contribution is -2.40. The van der Waals surface area contributed by atoms with Crippen molar-refractivity contribution < 1.29 is 0 Å². The van der Waals surface area contributed by atoms with Gasteiger partial charge in [0.25, 0.3) is 0 Å². The van der Waals surface area contributed by atoms with Gasteiger partial charge in [0.2, 0.25) is 0 Å². The second kappa shape index (κ2) is 9.57. The van der Waals surface area contributed by atoms with Crippen LogP contribution in [0.2, 0.25) is 0 Å². The van der Waals surface area contributed by atoms with Gasteiger partial charge in [-0.25, -0.2) is 0 Å². The van der Waals surface area contributed by atoms with Crippen molar-refractivity contribution in [3.8, 4) is 11.1 Å². The third-order valence-electron chi connectivity index (χ3n) is 9.09. The van der Waals surface area contributed by atoms with Gasteiger partial charge in [0.15, 0.2) is 0 Å². The van der Waals surface area contributed by atoms with E-state index >= 15 is 0 Å². The first-order valence-corrected chi connectivity index (χ1v) is 14.2. The lowest BCUT2D eigenvalue weighted by molar-refractivity contribution is 0.417. The van der Waals surface area contributed by atoms with Crippen molar-refractivity contribution in [1.29, 1.82) is 0 Å². The minimum atomic E-state index is -0.392. The van der Waals surface area contributed by atoms with Gasteiger partial charge in [-0.05, 0) is 75.7 Å². The smallest absolute Gasteiger partial charge is 0.0415 e. The molecule has 5 aromatic rings.